The predicted molar refractivity (Wildman–Crippen MR) is 153 cm³/mol. The number of ether oxygens (including phenoxy) is 3. The molecule has 0 unspecified atom stereocenters. The molecule has 10 heteroatoms. The van der Waals surface area contributed by atoms with Gasteiger partial charge in [-0.25, -0.2) is 4.68 Å². The van der Waals surface area contributed by atoms with Gasteiger partial charge in [0.2, 0.25) is 0 Å². The van der Waals surface area contributed by atoms with Gasteiger partial charge in [-0.05, 0) is 48.5 Å². The van der Waals surface area contributed by atoms with Crippen molar-refractivity contribution in [3.05, 3.63) is 82.5 Å². The zero-order valence-electron chi connectivity index (χ0n) is 21.9. The lowest BCUT2D eigenvalue weighted by Crippen LogP contribution is -2.49. The number of hydrogen-bond donors (Lipinski definition) is 0. The Morgan fingerprint density at radius 3 is 2.23 bits per heavy atom. The molecule has 1 amide bonds. The molecule has 0 bridgehead atoms. The number of benzene rings is 3. The van der Waals surface area contributed by atoms with Gasteiger partial charge in [-0.3, -0.25) is 4.79 Å². The zero-order chi connectivity index (χ0) is 27.5. The van der Waals surface area contributed by atoms with Crippen LogP contribution in [0.3, 0.4) is 0 Å². The number of piperazine rings is 1. The number of rotatable bonds is 7. The molecule has 8 nitrogen and oxygen atoms in total. The topological polar surface area (TPSA) is 69.1 Å². The largest absolute Gasteiger partial charge is 0.497 e. The lowest BCUT2D eigenvalue weighted by molar-refractivity contribution is 0.0737. The molecule has 1 fully saturated rings. The Morgan fingerprint density at radius 1 is 0.795 bits per heavy atom. The molecule has 0 N–H and O–H groups in total. The van der Waals surface area contributed by atoms with E-state index in [0.717, 1.165) is 17.0 Å². The second-order valence-electron chi connectivity index (χ2n) is 8.94. The first-order valence-electron chi connectivity index (χ1n) is 12.4. The number of methoxy groups -OCH3 is 3. The summed E-state index contributed by atoms with van der Waals surface area (Å²) in [4.78, 5) is 18.0. The van der Waals surface area contributed by atoms with Crippen LogP contribution in [0.5, 0.6) is 17.2 Å². The van der Waals surface area contributed by atoms with Crippen molar-refractivity contribution in [2.24, 2.45) is 0 Å². The first kappa shape index (κ1) is 26.7. The van der Waals surface area contributed by atoms with Crippen molar-refractivity contribution < 1.29 is 19.0 Å². The summed E-state index contributed by atoms with van der Waals surface area (Å²) in [5, 5.41) is 5.60. The maximum atomic E-state index is 13.9. The van der Waals surface area contributed by atoms with E-state index in [4.69, 9.17) is 42.5 Å². The molecule has 2 heterocycles. The molecule has 1 saturated heterocycles. The smallest absolute Gasteiger partial charge is 0.272 e. The molecule has 0 spiro atoms. The molecule has 202 valence electrons. The average Bonchev–Trinajstić information content (AvgIpc) is 3.43. The Bertz CT molecular complexity index is 1500. The summed E-state index contributed by atoms with van der Waals surface area (Å²) in [6.45, 7) is 2.44. The fourth-order valence-electron chi connectivity index (χ4n) is 4.69. The van der Waals surface area contributed by atoms with Crippen LogP contribution in [0.25, 0.3) is 16.9 Å². The SMILES string of the molecule is COc1ccc(-c2cc(C(=O)N3CCN(c4ccccc4OC)CC3)n(-c3ccc(Cl)c(Cl)c3)n2)c(OC)c1. The van der Waals surface area contributed by atoms with Gasteiger partial charge in [0.05, 0.1) is 48.4 Å². The molecule has 39 heavy (non-hydrogen) atoms. The van der Waals surface area contributed by atoms with Gasteiger partial charge in [-0.15, -0.1) is 0 Å². The van der Waals surface area contributed by atoms with Gasteiger partial charge < -0.3 is 24.0 Å². The van der Waals surface area contributed by atoms with Gasteiger partial charge in [-0.1, -0.05) is 35.3 Å². The predicted octanol–water partition coefficient (Wildman–Crippen LogP) is 5.83. The number of aromatic nitrogens is 2. The van der Waals surface area contributed by atoms with E-state index in [-0.39, 0.29) is 5.91 Å². The van der Waals surface area contributed by atoms with Gasteiger partial charge in [0.25, 0.3) is 5.91 Å². The molecule has 4 aromatic rings. The number of carbonyl (C=O) groups excluding carboxylic acids is 1. The van der Waals surface area contributed by atoms with E-state index in [1.54, 1.807) is 56.3 Å². The molecular formula is C29H28Cl2N4O4. The molecule has 5 rings (SSSR count). The standard InChI is InChI=1S/C29H28Cl2N4O4/c1-37-20-9-10-21(28(17-20)39-3)24-18-26(35(32-24)19-8-11-22(30)23(31)16-19)29(36)34-14-12-33(13-15-34)25-6-4-5-7-27(25)38-2/h4-11,16-18H,12-15H2,1-3H3. The molecule has 1 aliphatic rings. The first-order chi connectivity index (χ1) is 18.9. The highest BCUT2D eigenvalue weighted by atomic mass is 35.5. The maximum Gasteiger partial charge on any atom is 0.272 e. The van der Waals surface area contributed by atoms with Crippen molar-refractivity contribution in [2.75, 3.05) is 52.4 Å². The van der Waals surface area contributed by atoms with Crippen LogP contribution < -0.4 is 19.1 Å². The van der Waals surface area contributed by atoms with Gasteiger partial charge in [-0.2, -0.15) is 5.10 Å². The Labute approximate surface area is 237 Å². The summed E-state index contributed by atoms with van der Waals surface area (Å²) >= 11 is 12.5. The molecular weight excluding hydrogens is 539 g/mol. The number of hydrogen-bond acceptors (Lipinski definition) is 6. The molecule has 1 aromatic heterocycles. The fourth-order valence-corrected chi connectivity index (χ4v) is 4.98. The highest BCUT2D eigenvalue weighted by Gasteiger charge is 2.28. The number of halogens is 2. The summed E-state index contributed by atoms with van der Waals surface area (Å²) in [5.74, 6) is 1.92. The van der Waals surface area contributed by atoms with Crippen molar-refractivity contribution in [3.63, 3.8) is 0 Å². The van der Waals surface area contributed by atoms with E-state index in [2.05, 4.69) is 4.90 Å². The number of carbonyl (C=O) groups is 1. The quantitative estimate of drug-likeness (QED) is 0.280. The number of amides is 1. The number of para-hydroxylation sites is 2. The van der Waals surface area contributed by atoms with E-state index in [0.29, 0.717) is 64.8 Å². The minimum atomic E-state index is -0.132. The van der Waals surface area contributed by atoms with Crippen molar-refractivity contribution in [1.82, 2.24) is 14.7 Å². The Hall–Kier alpha value is -3.88. The Balaban J connectivity index is 1.48. The third-order valence-electron chi connectivity index (χ3n) is 6.75. The van der Waals surface area contributed by atoms with E-state index < -0.39 is 0 Å². The monoisotopic (exact) mass is 566 g/mol. The van der Waals surface area contributed by atoms with Crippen molar-refractivity contribution in [3.8, 4) is 34.2 Å². The minimum absolute atomic E-state index is 0.132. The van der Waals surface area contributed by atoms with Crippen LogP contribution in [-0.4, -0.2) is 68.1 Å². The second kappa shape index (κ2) is 11.5. The second-order valence-corrected chi connectivity index (χ2v) is 9.76. The van der Waals surface area contributed by atoms with E-state index in [9.17, 15) is 4.79 Å². The molecule has 1 aliphatic heterocycles. The average molecular weight is 567 g/mol. The van der Waals surface area contributed by atoms with Crippen molar-refractivity contribution >= 4 is 34.8 Å². The summed E-state index contributed by atoms with van der Waals surface area (Å²) in [7, 11) is 4.84. The molecule has 0 atom stereocenters. The lowest BCUT2D eigenvalue weighted by Gasteiger charge is -2.36. The van der Waals surface area contributed by atoms with Crippen LogP contribution in [-0.2, 0) is 0 Å². The van der Waals surface area contributed by atoms with E-state index in [1.165, 1.54) is 0 Å². The zero-order valence-corrected chi connectivity index (χ0v) is 23.4. The fraction of sp³-hybridized carbons (Fsp3) is 0.241. The summed E-state index contributed by atoms with van der Waals surface area (Å²) in [6, 6.07) is 20.3. The number of nitrogens with zero attached hydrogens (tertiary/aromatic N) is 4. The molecule has 3 aromatic carbocycles. The summed E-state index contributed by atoms with van der Waals surface area (Å²) < 4.78 is 18.1. The van der Waals surface area contributed by atoms with Gasteiger partial charge in [0.1, 0.15) is 22.9 Å². The van der Waals surface area contributed by atoms with Gasteiger partial charge in [0, 0.05) is 37.8 Å². The van der Waals surface area contributed by atoms with Crippen LogP contribution in [0, 0.1) is 0 Å². The van der Waals surface area contributed by atoms with Crippen LogP contribution in [0.15, 0.2) is 66.7 Å². The molecule has 0 saturated carbocycles. The van der Waals surface area contributed by atoms with Crippen molar-refractivity contribution in [1.29, 1.82) is 0 Å². The van der Waals surface area contributed by atoms with Gasteiger partial charge >= 0.3 is 0 Å². The lowest BCUT2D eigenvalue weighted by atomic mass is 10.1. The minimum Gasteiger partial charge on any atom is -0.497 e. The maximum absolute atomic E-state index is 13.9. The third kappa shape index (κ3) is 5.35. The van der Waals surface area contributed by atoms with Crippen LogP contribution in [0.2, 0.25) is 10.0 Å². The Kier molecular flexibility index (Phi) is 7.86. The summed E-state index contributed by atoms with van der Waals surface area (Å²) in [6.07, 6.45) is 0. The van der Waals surface area contributed by atoms with Crippen LogP contribution in [0.1, 0.15) is 10.5 Å². The molecule has 0 aliphatic carbocycles. The Morgan fingerprint density at radius 2 is 1.54 bits per heavy atom. The summed E-state index contributed by atoms with van der Waals surface area (Å²) in [5.41, 5.74) is 3.36. The third-order valence-corrected chi connectivity index (χ3v) is 7.49. The normalized spacial score (nSPS) is 13.4. The highest BCUT2D eigenvalue weighted by molar-refractivity contribution is 6.42. The van der Waals surface area contributed by atoms with E-state index >= 15 is 0 Å². The first-order valence-corrected chi connectivity index (χ1v) is 13.1. The molecule has 0 radical (unpaired) electrons. The van der Waals surface area contributed by atoms with Gasteiger partial charge in [0.15, 0.2) is 0 Å². The van der Waals surface area contributed by atoms with E-state index in [1.807, 2.05) is 41.3 Å². The van der Waals surface area contributed by atoms with Crippen LogP contribution >= 0.6 is 23.2 Å². The number of anilines is 1. The van der Waals surface area contributed by atoms with Crippen molar-refractivity contribution in [2.45, 2.75) is 0 Å². The van der Waals surface area contributed by atoms with Crippen LogP contribution in [0.4, 0.5) is 5.69 Å². The highest BCUT2D eigenvalue weighted by Crippen LogP contribution is 2.35.